The summed E-state index contributed by atoms with van der Waals surface area (Å²) in [6.45, 7) is 2.30. The molecule has 1 unspecified atom stereocenters. The average Bonchev–Trinajstić information content (AvgIpc) is 3.40. The van der Waals surface area contributed by atoms with Crippen molar-refractivity contribution in [3.8, 4) is 5.69 Å². The van der Waals surface area contributed by atoms with Crippen LogP contribution in [0.3, 0.4) is 0 Å². The lowest BCUT2D eigenvalue weighted by atomic mass is 10.1. The average molecular weight is 518 g/mol. The maximum atomic E-state index is 12.9. The number of hydrogen-bond acceptors (Lipinski definition) is 9. The minimum Gasteiger partial charge on any atom is -0.465 e. The molecule has 2 aromatic heterocycles. The summed E-state index contributed by atoms with van der Waals surface area (Å²) in [5.41, 5.74) is 2.85. The van der Waals surface area contributed by atoms with Crippen LogP contribution < -0.4 is 15.5 Å². The quantitative estimate of drug-likeness (QED) is 0.282. The molecule has 11 heteroatoms. The van der Waals surface area contributed by atoms with Crippen LogP contribution in [0.25, 0.3) is 16.7 Å². The Morgan fingerprint density at radius 3 is 2.65 bits per heavy atom. The van der Waals surface area contributed by atoms with Crippen LogP contribution in [-0.4, -0.2) is 70.7 Å². The van der Waals surface area contributed by atoms with E-state index in [-0.39, 0.29) is 11.9 Å². The Balaban J connectivity index is 1.30. The Hall–Kier alpha value is -3.96. The lowest BCUT2D eigenvalue weighted by Crippen LogP contribution is -2.57. The van der Waals surface area contributed by atoms with E-state index in [1.165, 1.54) is 18.3 Å². The number of benzene rings is 2. The summed E-state index contributed by atoms with van der Waals surface area (Å²) in [5.74, 6) is 0.288. The molecular formula is C26H27N7O3S. The fourth-order valence-corrected chi connectivity index (χ4v) is 4.66. The lowest BCUT2D eigenvalue weighted by molar-refractivity contribution is -0.123. The molecule has 1 amide bonds. The van der Waals surface area contributed by atoms with E-state index < -0.39 is 5.97 Å². The topological polar surface area (TPSA) is 114 Å². The number of thioether (sulfide) groups is 1. The number of carbonyl (C=O) groups excluding carboxylic acids is 2. The molecule has 1 aliphatic heterocycles. The highest BCUT2D eigenvalue weighted by Crippen LogP contribution is 2.25. The molecule has 0 radical (unpaired) electrons. The van der Waals surface area contributed by atoms with Crippen molar-refractivity contribution in [2.75, 3.05) is 37.9 Å². The fraction of sp³-hybridized carbons (Fsp3) is 0.269. The van der Waals surface area contributed by atoms with Crippen LogP contribution >= 0.6 is 11.8 Å². The predicted octanol–water partition coefficient (Wildman–Crippen LogP) is 2.42. The first kappa shape index (κ1) is 24.7. The number of amides is 1. The van der Waals surface area contributed by atoms with Gasteiger partial charge in [0.1, 0.15) is 18.2 Å². The standard InChI is InChI=1S/C26H27N7O3S/c1-36-26(35)18-5-7-19(8-6-18)33-14-21-23(31-33)29-16-30-24(21)32-12-11-27-22(15-32)25(34)28-13-17-3-9-20(37-2)10-4-17/h3-10,14,16,22,27H,11-13,15H2,1-2H3,(H,28,34). The summed E-state index contributed by atoms with van der Waals surface area (Å²) in [6.07, 6.45) is 5.40. The second-order valence-electron chi connectivity index (χ2n) is 8.57. The zero-order valence-corrected chi connectivity index (χ0v) is 21.4. The number of anilines is 1. The molecule has 0 bridgehead atoms. The molecule has 0 saturated carbocycles. The number of aromatic nitrogens is 4. The molecule has 1 atom stereocenters. The molecule has 2 aromatic carbocycles. The van der Waals surface area contributed by atoms with E-state index in [1.807, 2.05) is 24.6 Å². The SMILES string of the molecule is COC(=O)c1ccc(-n2cc3c(N4CCNC(C(=O)NCc5ccc(SC)cc5)C4)ncnc3n2)cc1. The van der Waals surface area contributed by atoms with Gasteiger partial charge in [0.15, 0.2) is 5.65 Å². The van der Waals surface area contributed by atoms with Gasteiger partial charge in [-0.25, -0.2) is 19.4 Å². The summed E-state index contributed by atoms with van der Waals surface area (Å²) in [7, 11) is 1.35. The zero-order chi connectivity index (χ0) is 25.8. The summed E-state index contributed by atoms with van der Waals surface area (Å²) < 4.78 is 6.47. The number of nitrogens with zero attached hydrogens (tertiary/aromatic N) is 5. The molecule has 4 aromatic rings. The third kappa shape index (κ3) is 5.42. The molecule has 190 valence electrons. The van der Waals surface area contributed by atoms with Gasteiger partial charge in [0, 0.05) is 37.3 Å². The molecular weight excluding hydrogens is 490 g/mol. The molecule has 10 nitrogen and oxygen atoms in total. The normalized spacial score (nSPS) is 15.5. The first-order valence-electron chi connectivity index (χ1n) is 11.8. The Morgan fingerprint density at radius 1 is 1.14 bits per heavy atom. The Morgan fingerprint density at radius 2 is 1.92 bits per heavy atom. The number of carbonyl (C=O) groups is 2. The van der Waals surface area contributed by atoms with Crippen molar-refractivity contribution in [2.45, 2.75) is 17.5 Å². The lowest BCUT2D eigenvalue weighted by Gasteiger charge is -2.33. The van der Waals surface area contributed by atoms with Crippen LogP contribution in [0.4, 0.5) is 5.82 Å². The number of ether oxygens (including phenoxy) is 1. The monoisotopic (exact) mass is 517 g/mol. The van der Waals surface area contributed by atoms with Gasteiger partial charge in [-0.05, 0) is 48.2 Å². The van der Waals surface area contributed by atoms with Gasteiger partial charge in [0.2, 0.25) is 5.91 Å². The number of nitrogens with one attached hydrogen (secondary N) is 2. The Labute approximate surface area is 218 Å². The molecule has 5 rings (SSSR count). The minimum atomic E-state index is -0.392. The highest BCUT2D eigenvalue weighted by molar-refractivity contribution is 7.98. The smallest absolute Gasteiger partial charge is 0.337 e. The Bertz CT molecular complexity index is 1410. The van der Waals surface area contributed by atoms with Gasteiger partial charge in [-0.15, -0.1) is 16.9 Å². The molecule has 0 aliphatic carbocycles. The largest absolute Gasteiger partial charge is 0.465 e. The zero-order valence-electron chi connectivity index (χ0n) is 20.5. The molecule has 1 fully saturated rings. The van der Waals surface area contributed by atoms with E-state index in [0.29, 0.717) is 37.4 Å². The van der Waals surface area contributed by atoms with Gasteiger partial charge in [0.05, 0.1) is 23.7 Å². The van der Waals surface area contributed by atoms with Crippen LogP contribution in [-0.2, 0) is 16.1 Å². The molecule has 3 heterocycles. The molecule has 1 aliphatic rings. The highest BCUT2D eigenvalue weighted by atomic mass is 32.2. The van der Waals surface area contributed by atoms with Crippen molar-refractivity contribution in [3.63, 3.8) is 0 Å². The first-order valence-corrected chi connectivity index (χ1v) is 13.1. The summed E-state index contributed by atoms with van der Waals surface area (Å²) in [4.78, 5) is 36.8. The van der Waals surface area contributed by atoms with Gasteiger partial charge in [0.25, 0.3) is 0 Å². The predicted molar refractivity (Wildman–Crippen MR) is 142 cm³/mol. The van der Waals surface area contributed by atoms with E-state index in [1.54, 1.807) is 40.7 Å². The van der Waals surface area contributed by atoms with Crippen molar-refractivity contribution in [1.82, 2.24) is 30.4 Å². The van der Waals surface area contributed by atoms with Crippen molar-refractivity contribution in [2.24, 2.45) is 0 Å². The number of fused-ring (bicyclic) bond motifs is 1. The minimum absolute atomic E-state index is 0.0506. The van der Waals surface area contributed by atoms with Gasteiger partial charge in [-0.3, -0.25) is 4.79 Å². The van der Waals surface area contributed by atoms with Gasteiger partial charge < -0.3 is 20.3 Å². The molecule has 37 heavy (non-hydrogen) atoms. The van der Waals surface area contributed by atoms with Gasteiger partial charge >= 0.3 is 5.97 Å². The molecule has 0 spiro atoms. The van der Waals surface area contributed by atoms with Crippen molar-refractivity contribution in [3.05, 3.63) is 72.2 Å². The second-order valence-corrected chi connectivity index (χ2v) is 9.44. The fourth-order valence-electron chi connectivity index (χ4n) is 4.25. The molecule has 1 saturated heterocycles. The number of piperazine rings is 1. The van der Waals surface area contributed by atoms with E-state index in [0.717, 1.165) is 22.5 Å². The second kappa shape index (κ2) is 11.0. The van der Waals surface area contributed by atoms with Crippen LogP contribution in [0.2, 0.25) is 0 Å². The highest BCUT2D eigenvalue weighted by Gasteiger charge is 2.27. The van der Waals surface area contributed by atoms with E-state index in [2.05, 4.69) is 42.7 Å². The number of esters is 1. The van der Waals surface area contributed by atoms with Crippen molar-refractivity contribution >= 4 is 40.5 Å². The molecule has 2 N–H and O–H groups in total. The third-order valence-electron chi connectivity index (χ3n) is 6.27. The van der Waals surface area contributed by atoms with Gasteiger partial charge in [-0.1, -0.05) is 12.1 Å². The van der Waals surface area contributed by atoms with E-state index in [9.17, 15) is 9.59 Å². The Kier molecular flexibility index (Phi) is 7.33. The number of methoxy groups -OCH3 is 1. The summed E-state index contributed by atoms with van der Waals surface area (Å²) in [5, 5.41) is 11.7. The van der Waals surface area contributed by atoms with Crippen LogP contribution in [0.5, 0.6) is 0 Å². The van der Waals surface area contributed by atoms with Crippen molar-refractivity contribution < 1.29 is 14.3 Å². The maximum absolute atomic E-state index is 12.9. The van der Waals surface area contributed by atoms with Crippen LogP contribution in [0.1, 0.15) is 15.9 Å². The summed E-state index contributed by atoms with van der Waals surface area (Å²) >= 11 is 1.69. The summed E-state index contributed by atoms with van der Waals surface area (Å²) in [6, 6.07) is 14.8. The number of rotatable bonds is 7. The van der Waals surface area contributed by atoms with Crippen LogP contribution in [0, 0.1) is 0 Å². The number of hydrogen-bond donors (Lipinski definition) is 2. The van der Waals surface area contributed by atoms with E-state index in [4.69, 9.17) is 4.74 Å². The maximum Gasteiger partial charge on any atom is 0.337 e. The van der Waals surface area contributed by atoms with Crippen molar-refractivity contribution in [1.29, 1.82) is 0 Å². The van der Waals surface area contributed by atoms with Crippen LogP contribution in [0.15, 0.2) is 66.0 Å². The van der Waals surface area contributed by atoms with Gasteiger partial charge in [-0.2, -0.15) is 0 Å². The van der Waals surface area contributed by atoms with E-state index >= 15 is 0 Å². The first-order chi connectivity index (χ1) is 18.1. The third-order valence-corrected chi connectivity index (χ3v) is 7.01.